The van der Waals surface area contributed by atoms with Crippen LogP contribution in [0.15, 0.2) is 40.5 Å². The lowest BCUT2D eigenvalue weighted by Gasteiger charge is -2.13. The van der Waals surface area contributed by atoms with Crippen LogP contribution in [0.5, 0.6) is 0 Å². The average molecular weight is 449 g/mol. The van der Waals surface area contributed by atoms with E-state index in [4.69, 9.17) is 4.98 Å². The topological polar surface area (TPSA) is 85.1 Å². The predicted molar refractivity (Wildman–Crippen MR) is 127 cm³/mol. The van der Waals surface area contributed by atoms with Crippen molar-refractivity contribution in [3.63, 3.8) is 0 Å². The van der Waals surface area contributed by atoms with Crippen LogP contribution >= 0.6 is 11.3 Å². The first kappa shape index (κ1) is 20.4. The number of fused-ring (bicyclic) bond motifs is 1. The highest BCUT2D eigenvalue weighted by Crippen LogP contribution is 2.32. The summed E-state index contributed by atoms with van der Waals surface area (Å²) in [6, 6.07) is 9.06. The van der Waals surface area contributed by atoms with Gasteiger partial charge in [0.25, 0.3) is 11.5 Å². The van der Waals surface area contributed by atoms with Gasteiger partial charge in [0.15, 0.2) is 10.8 Å². The summed E-state index contributed by atoms with van der Waals surface area (Å²) in [5.74, 6) is -0.374. The van der Waals surface area contributed by atoms with Gasteiger partial charge in [0.05, 0.1) is 11.1 Å². The Bertz CT molecular complexity index is 1390. The maximum absolute atomic E-state index is 13.2. The van der Waals surface area contributed by atoms with Crippen LogP contribution < -0.4 is 15.9 Å². The van der Waals surface area contributed by atoms with Gasteiger partial charge in [-0.25, -0.2) is 9.67 Å². The van der Waals surface area contributed by atoms with Gasteiger partial charge in [-0.15, -0.1) is 11.3 Å². The van der Waals surface area contributed by atoms with Crippen molar-refractivity contribution in [2.45, 2.75) is 26.7 Å². The number of carbonyl (C=O) groups excluding carboxylic acids is 1. The summed E-state index contributed by atoms with van der Waals surface area (Å²) >= 11 is 1.66. The van der Waals surface area contributed by atoms with E-state index in [2.05, 4.69) is 20.8 Å². The molecule has 1 saturated heterocycles. The van der Waals surface area contributed by atoms with E-state index in [0.29, 0.717) is 10.8 Å². The van der Waals surface area contributed by atoms with Gasteiger partial charge < -0.3 is 4.90 Å². The Labute approximate surface area is 189 Å². The first-order chi connectivity index (χ1) is 15.4. The van der Waals surface area contributed by atoms with E-state index in [1.54, 1.807) is 47.3 Å². The molecule has 1 N–H and O–H groups in total. The number of nitrogens with zero attached hydrogens (tertiary/aromatic N) is 5. The molecule has 4 heterocycles. The van der Waals surface area contributed by atoms with E-state index in [1.165, 1.54) is 17.5 Å². The maximum atomic E-state index is 13.2. The Morgan fingerprint density at radius 1 is 1.12 bits per heavy atom. The molecule has 1 aromatic carbocycles. The van der Waals surface area contributed by atoms with Crippen LogP contribution in [0, 0.1) is 13.8 Å². The third-order valence-electron chi connectivity index (χ3n) is 5.96. The van der Waals surface area contributed by atoms with Gasteiger partial charge in [0, 0.05) is 47.9 Å². The molecule has 9 heteroatoms. The molecule has 0 unspecified atom stereocenters. The largest absolute Gasteiger partial charge is 0.348 e. The van der Waals surface area contributed by atoms with Gasteiger partial charge in [-0.3, -0.25) is 19.7 Å². The van der Waals surface area contributed by atoms with Gasteiger partial charge in [-0.2, -0.15) is 5.10 Å². The number of aryl methyl sites for hydroxylation is 2. The minimum absolute atomic E-state index is 0.210. The Balaban J connectivity index is 1.48. The van der Waals surface area contributed by atoms with Crippen molar-refractivity contribution in [1.29, 1.82) is 0 Å². The number of thiazole rings is 1. The molecule has 32 heavy (non-hydrogen) atoms. The van der Waals surface area contributed by atoms with E-state index in [0.717, 1.165) is 40.9 Å². The number of carbonyl (C=O) groups is 1. The molecule has 0 radical (unpaired) electrons. The van der Waals surface area contributed by atoms with Crippen LogP contribution in [0.1, 0.15) is 34.7 Å². The smallest absolute Gasteiger partial charge is 0.291 e. The monoisotopic (exact) mass is 448 g/mol. The van der Waals surface area contributed by atoms with Crippen molar-refractivity contribution in [3.8, 4) is 11.3 Å². The molecule has 5 rings (SSSR count). The second kappa shape index (κ2) is 7.90. The van der Waals surface area contributed by atoms with Crippen LogP contribution in [0.2, 0.25) is 0 Å². The summed E-state index contributed by atoms with van der Waals surface area (Å²) in [7, 11) is 1.55. The minimum Gasteiger partial charge on any atom is -0.348 e. The summed E-state index contributed by atoms with van der Waals surface area (Å²) in [5.41, 5.74) is 6.61. The fourth-order valence-electron chi connectivity index (χ4n) is 4.26. The number of hydrogen-bond donors (Lipinski definition) is 1. The lowest BCUT2D eigenvalue weighted by atomic mass is 10.1. The van der Waals surface area contributed by atoms with Crippen molar-refractivity contribution in [3.05, 3.63) is 63.1 Å². The summed E-state index contributed by atoms with van der Waals surface area (Å²) in [5, 5.41) is 8.35. The molecule has 0 aliphatic carbocycles. The van der Waals surface area contributed by atoms with Crippen LogP contribution in [0.4, 0.5) is 5.13 Å². The average Bonchev–Trinajstić information content (AvgIpc) is 3.53. The highest BCUT2D eigenvalue weighted by atomic mass is 32.1. The Kier molecular flexibility index (Phi) is 5.05. The summed E-state index contributed by atoms with van der Waals surface area (Å²) in [6.07, 6.45) is 2.42. The molecule has 1 aliphatic heterocycles. The highest BCUT2D eigenvalue weighted by Gasteiger charge is 2.21. The normalized spacial score (nSPS) is 13.8. The van der Waals surface area contributed by atoms with Crippen molar-refractivity contribution < 1.29 is 4.79 Å². The maximum Gasteiger partial charge on any atom is 0.291 e. The fraction of sp³-hybridized carbons (Fsp3) is 0.304. The number of benzene rings is 1. The first-order valence-corrected chi connectivity index (χ1v) is 11.5. The van der Waals surface area contributed by atoms with E-state index in [9.17, 15) is 9.59 Å². The minimum atomic E-state index is -0.374. The van der Waals surface area contributed by atoms with Crippen LogP contribution in [0.25, 0.3) is 22.0 Å². The molecular formula is C23H24N6O2S. The number of amides is 1. The Hall–Kier alpha value is -3.46. The first-order valence-electron chi connectivity index (χ1n) is 10.6. The van der Waals surface area contributed by atoms with Gasteiger partial charge in [-0.05, 0) is 38.8 Å². The van der Waals surface area contributed by atoms with Crippen LogP contribution in [0.3, 0.4) is 0 Å². The van der Waals surface area contributed by atoms with E-state index in [-0.39, 0.29) is 17.2 Å². The zero-order valence-corrected chi connectivity index (χ0v) is 19.1. The molecule has 164 valence electrons. The van der Waals surface area contributed by atoms with E-state index in [1.807, 2.05) is 19.9 Å². The molecular weight excluding hydrogens is 424 g/mol. The van der Waals surface area contributed by atoms with Gasteiger partial charge >= 0.3 is 0 Å². The Morgan fingerprint density at radius 3 is 2.59 bits per heavy atom. The zero-order valence-electron chi connectivity index (χ0n) is 18.3. The molecule has 3 aromatic heterocycles. The molecule has 1 aliphatic rings. The van der Waals surface area contributed by atoms with Gasteiger partial charge in [0.1, 0.15) is 0 Å². The number of rotatable bonds is 4. The van der Waals surface area contributed by atoms with Gasteiger partial charge in [0.2, 0.25) is 0 Å². The van der Waals surface area contributed by atoms with E-state index >= 15 is 0 Å². The molecule has 0 saturated carbocycles. The Morgan fingerprint density at radius 2 is 1.84 bits per heavy atom. The van der Waals surface area contributed by atoms with E-state index < -0.39 is 0 Å². The van der Waals surface area contributed by atoms with Crippen LogP contribution in [-0.4, -0.2) is 38.4 Å². The second-order valence-electron chi connectivity index (χ2n) is 8.09. The SMILES string of the molecule is Cc1cc(-c2csc(N3CCCC3)n2)c(C)n1NC(=O)c1nn(C)c(=O)c2ccccc12. The quantitative estimate of drug-likeness (QED) is 0.517. The molecule has 1 fully saturated rings. The summed E-state index contributed by atoms with van der Waals surface area (Å²) < 4.78 is 2.96. The second-order valence-corrected chi connectivity index (χ2v) is 8.93. The third-order valence-corrected chi connectivity index (χ3v) is 6.86. The van der Waals surface area contributed by atoms with Crippen molar-refractivity contribution in [1.82, 2.24) is 19.4 Å². The van der Waals surface area contributed by atoms with Crippen molar-refractivity contribution in [2.75, 3.05) is 23.4 Å². The highest BCUT2D eigenvalue weighted by molar-refractivity contribution is 7.14. The molecule has 4 aromatic rings. The third kappa shape index (κ3) is 3.38. The fourth-order valence-corrected chi connectivity index (χ4v) is 5.14. The lowest BCUT2D eigenvalue weighted by molar-refractivity contribution is 0.100. The molecule has 0 bridgehead atoms. The number of aromatic nitrogens is 4. The lowest BCUT2D eigenvalue weighted by Crippen LogP contribution is -2.29. The number of anilines is 1. The predicted octanol–water partition coefficient (Wildman–Crippen LogP) is 3.46. The summed E-state index contributed by atoms with van der Waals surface area (Å²) in [4.78, 5) is 32.7. The summed E-state index contributed by atoms with van der Waals surface area (Å²) in [6.45, 7) is 6.02. The number of nitrogens with one attached hydrogen (secondary N) is 1. The van der Waals surface area contributed by atoms with Crippen LogP contribution in [-0.2, 0) is 7.05 Å². The molecule has 0 spiro atoms. The molecule has 1 amide bonds. The van der Waals surface area contributed by atoms with Crippen molar-refractivity contribution >= 4 is 33.1 Å². The van der Waals surface area contributed by atoms with Gasteiger partial charge in [-0.1, -0.05) is 18.2 Å². The standard InChI is InChI=1S/C23H24N6O2S/c1-14-12-18(19-13-32-23(24-19)28-10-6-7-11-28)15(2)29(14)26-21(30)20-16-8-4-5-9-17(16)22(31)27(3)25-20/h4-5,8-9,12-13H,6-7,10-11H2,1-3H3,(H,26,30). The molecule has 0 atom stereocenters. The zero-order chi connectivity index (χ0) is 22.4. The molecule has 8 nitrogen and oxygen atoms in total. The number of hydrogen-bond acceptors (Lipinski definition) is 6. The van der Waals surface area contributed by atoms with Crippen molar-refractivity contribution in [2.24, 2.45) is 7.05 Å².